The summed E-state index contributed by atoms with van der Waals surface area (Å²) in [6.45, 7) is 3.96. The average molecular weight is 312 g/mol. The second-order valence-corrected chi connectivity index (χ2v) is 6.50. The standard InChI is InChI=1S/C10H11Cl2NO6/c1-4(13(16)17)5-9(10(5,11)12)6(14)18-8(2,3)19-7(9)15/h4-5H,1-3H3/t4-,5-/m1/s1. The largest absolute Gasteiger partial charge is 0.422 e. The topological polar surface area (TPSA) is 95.7 Å². The van der Waals surface area contributed by atoms with Crippen LogP contribution in [0, 0.1) is 21.4 Å². The van der Waals surface area contributed by atoms with E-state index >= 15 is 0 Å². The van der Waals surface area contributed by atoms with Gasteiger partial charge in [-0.15, -0.1) is 0 Å². The summed E-state index contributed by atoms with van der Waals surface area (Å²) in [6, 6.07) is -1.28. The molecule has 106 valence electrons. The molecule has 1 saturated carbocycles. The Morgan fingerprint density at radius 2 is 1.68 bits per heavy atom. The number of esters is 2. The van der Waals surface area contributed by atoms with E-state index in [0.29, 0.717) is 0 Å². The highest BCUT2D eigenvalue weighted by Gasteiger charge is 2.91. The summed E-state index contributed by atoms with van der Waals surface area (Å²) in [7, 11) is 0. The average Bonchev–Trinajstić information content (AvgIpc) is 2.71. The van der Waals surface area contributed by atoms with Crippen molar-refractivity contribution in [2.24, 2.45) is 11.3 Å². The van der Waals surface area contributed by atoms with Crippen molar-refractivity contribution in [2.45, 2.75) is 36.9 Å². The second kappa shape index (κ2) is 3.73. The number of cyclic esters (lactones) is 2. The van der Waals surface area contributed by atoms with Crippen LogP contribution in [0.15, 0.2) is 0 Å². The lowest BCUT2D eigenvalue weighted by molar-refractivity contribution is -0.523. The van der Waals surface area contributed by atoms with Gasteiger partial charge in [0.05, 0.1) is 5.92 Å². The highest BCUT2D eigenvalue weighted by Crippen LogP contribution is 2.73. The Balaban J connectivity index is 2.42. The number of hydrogen-bond donors (Lipinski definition) is 0. The van der Waals surface area contributed by atoms with Gasteiger partial charge in [0.2, 0.25) is 11.5 Å². The Bertz CT molecular complexity index is 468. The minimum absolute atomic E-state index is 0.654. The SMILES string of the molecule is C[C@H]([C@H]1C(Cl)(Cl)C12C(=O)OC(C)(C)OC2=O)[N+](=O)[O-]. The molecule has 1 heterocycles. The third-order valence-corrected chi connectivity index (χ3v) is 4.50. The van der Waals surface area contributed by atoms with Crippen LogP contribution in [0.5, 0.6) is 0 Å². The van der Waals surface area contributed by atoms with E-state index in [1.54, 1.807) is 0 Å². The lowest BCUT2D eigenvalue weighted by atomic mass is 9.99. The van der Waals surface area contributed by atoms with Crippen molar-refractivity contribution < 1.29 is 24.0 Å². The fraction of sp³-hybridized carbons (Fsp3) is 0.800. The van der Waals surface area contributed by atoms with E-state index < -0.39 is 44.4 Å². The van der Waals surface area contributed by atoms with Crippen molar-refractivity contribution >= 4 is 35.1 Å². The van der Waals surface area contributed by atoms with Gasteiger partial charge in [0, 0.05) is 25.7 Å². The maximum absolute atomic E-state index is 12.0. The van der Waals surface area contributed by atoms with Crippen LogP contribution in [0.4, 0.5) is 0 Å². The molecule has 2 atom stereocenters. The molecular weight excluding hydrogens is 301 g/mol. The smallest absolute Gasteiger partial charge is 0.330 e. The van der Waals surface area contributed by atoms with Crippen molar-refractivity contribution in [2.75, 3.05) is 0 Å². The number of nitro groups is 1. The number of carbonyl (C=O) groups is 2. The monoisotopic (exact) mass is 311 g/mol. The quantitative estimate of drug-likeness (QED) is 0.250. The van der Waals surface area contributed by atoms with Crippen LogP contribution in [0.1, 0.15) is 20.8 Å². The zero-order valence-corrected chi connectivity index (χ0v) is 11.8. The van der Waals surface area contributed by atoms with E-state index in [0.717, 1.165) is 0 Å². The molecule has 1 saturated heterocycles. The first-order valence-corrected chi connectivity index (χ1v) is 6.22. The van der Waals surface area contributed by atoms with Crippen LogP contribution in [-0.4, -0.2) is 33.0 Å². The number of alkyl halides is 2. The van der Waals surface area contributed by atoms with Crippen molar-refractivity contribution in [3.8, 4) is 0 Å². The van der Waals surface area contributed by atoms with Gasteiger partial charge in [-0.05, 0) is 0 Å². The van der Waals surface area contributed by atoms with E-state index in [-0.39, 0.29) is 0 Å². The Kier molecular flexibility index (Phi) is 2.81. The normalized spacial score (nSPS) is 31.3. The van der Waals surface area contributed by atoms with Gasteiger partial charge >= 0.3 is 11.9 Å². The summed E-state index contributed by atoms with van der Waals surface area (Å²) in [5.41, 5.74) is -2.02. The number of ether oxygens (including phenoxy) is 2. The third-order valence-electron chi connectivity index (χ3n) is 3.44. The maximum Gasteiger partial charge on any atom is 0.330 e. The van der Waals surface area contributed by atoms with Crippen LogP contribution >= 0.6 is 23.2 Å². The fourth-order valence-corrected chi connectivity index (χ4v) is 3.58. The van der Waals surface area contributed by atoms with Gasteiger partial charge in [-0.25, -0.2) is 0 Å². The van der Waals surface area contributed by atoms with Crippen LogP contribution in [-0.2, 0) is 19.1 Å². The Labute approximate surface area is 118 Å². The van der Waals surface area contributed by atoms with Gasteiger partial charge in [-0.3, -0.25) is 19.7 Å². The van der Waals surface area contributed by atoms with Crippen molar-refractivity contribution in [3.63, 3.8) is 0 Å². The third kappa shape index (κ3) is 1.64. The lowest BCUT2D eigenvalue weighted by Gasteiger charge is -2.33. The number of nitrogens with zero attached hydrogens (tertiary/aromatic N) is 1. The van der Waals surface area contributed by atoms with E-state index in [4.69, 9.17) is 32.7 Å². The van der Waals surface area contributed by atoms with E-state index in [9.17, 15) is 19.7 Å². The minimum atomic E-state index is -2.02. The molecule has 1 aliphatic heterocycles. The molecule has 0 radical (unpaired) electrons. The molecule has 0 aromatic rings. The zero-order valence-electron chi connectivity index (χ0n) is 10.3. The first kappa shape index (κ1) is 14.3. The Morgan fingerprint density at radius 1 is 1.26 bits per heavy atom. The second-order valence-electron chi connectivity index (χ2n) is 5.11. The predicted octanol–water partition coefficient (Wildman–Crippen LogP) is 1.28. The number of rotatable bonds is 2. The Hall–Kier alpha value is -1.08. The molecule has 1 spiro atoms. The van der Waals surface area contributed by atoms with Gasteiger partial charge in [0.1, 0.15) is 0 Å². The highest BCUT2D eigenvalue weighted by atomic mass is 35.5. The number of hydrogen-bond acceptors (Lipinski definition) is 6. The van der Waals surface area contributed by atoms with Crippen LogP contribution in [0.3, 0.4) is 0 Å². The summed E-state index contributed by atoms with van der Waals surface area (Å²) in [6.07, 6.45) is 0. The molecule has 2 fully saturated rings. The molecule has 1 aliphatic carbocycles. The first-order valence-electron chi connectivity index (χ1n) is 5.46. The van der Waals surface area contributed by atoms with Gasteiger partial charge < -0.3 is 9.47 Å². The van der Waals surface area contributed by atoms with Crippen molar-refractivity contribution in [1.82, 2.24) is 0 Å². The van der Waals surface area contributed by atoms with Gasteiger partial charge in [-0.2, -0.15) is 0 Å². The molecule has 0 aromatic carbocycles. The van der Waals surface area contributed by atoms with Crippen molar-refractivity contribution in [3.05, 3.63) is 10.1 Å². The van der Waals surface area contributed by atoms with E-state index in [2.05, 4.69) is 0 Å². The summed E-state index contributed by atoms with van der Waals surface area (Å²) in [5, 5.41) is 10.8. The molecule has 0 bridgehead atoms. The molecule has 7 nitrogen and oxygen atoms in total. The van der Waals surface area contributed by atoms with Crippen LogP contribution < -0.4 is 0 Å². The van der Waals surface area contributed by atoms with Gasteiger partial charge in [0.15, 0.2) is 4.33 Å². The fourth-order valence-electron chi connectivity index (χ4n) is 2.45. The predicted molar refractivity (Wildman–Crippen MR) is 63.1 cm³/mol. The summed E-state index contributed by atoms with van der Waals surface area (Å²) in [4.78, 5) is 34.3. The highest BCUT2D eigenvalue weighted by molar-refractivity contribution is 6.56. The molecule has 0 unspecified atom stereocenters. The summed E-state index contributed by atoms with van der Waals surface area (Å²) in [5.74, 6) is -4.60. The Morgan fingerprint density at radius 3 is 2.05 bits per heavy atom. The summed E-state index contributed by atoms with van der Waals surface area (Å²) >= 11 is 11.8. The number of carbonyl (C=O) groups excluding carboxylic acids is 2. The minimum Gasteiger partial charge on any atom is -0.422 e. The lowest BCUT2D eigenvalue weighted by Crippen LogP contribution is -2.50. The molecule has 0 amide bonds. The van der Waals surface area contributed by atoms with Crippen LogP contribution in [0.25, 0.3) is 0 Å². The van der Waals surface area contributed by atoms with Crippen molar-refractivity contribution in [1.29, 1.82) is 0 Å². The zero-order chi connectivity index (χ0) is 14.8. The first-order chi connectivity index (χ1) is 8.48. The maximum atomic E-state index is 12.0. The molecule has 0 N–H and O–H groups in total. The molecule has 0 aromatic heterocycles. The number of halogens is 2. The molecule has 9 heteroatoms. The van der Waals surface area contributed by atoms with E-state index in [1.165, 1.54) is 20.8 Å². The molecule has 19 heavy (non-hydrogen) atoms. The van der Waals surface area contributed by atoms with Crippen LogP contribution in [0.2, 0.25) is 0 Å². The molecule has 2 aliphatic rings. The summed E-state index contributed by atoms with van der Waals surface area (Å²) < 4.78 is 7.99. The molecule has 2 rings (SSSR count). The van der Waals surface area contributed by atoms with Gasteiger partial charge in [0.25, 0.3) is 5.79 Å². The molecular formula is C10H11Cl2NO6. The van der Waals surface area contributed by atoms with Gasteiger partial charge in [-0.1, -0.05) is 23.2 Å². The van der Waals surface area contributed by atoms with E-state index in [1.807, 2.05) is 0 Å².